The summed E-state index contributed by atoms with van der Waals surface area (Å²) in [5, 5.41) is 8.72. The normalized spacial score (nSPS) is 19.1. The largest absolute Gasteiger partial charge is 0.493 e. The topological polar surface area (TPSA) is 59.3 Å². The first-order chi connectivity index (χ1) is 13.0. The van der Waals surface area contributed by atoms with Crippen LogP contribution in [0.25, 0.3) is 0 Å². The van der Waals surface area contributed by atoms with E-state index in [9.17, 15) is 9.18 Å². The maximum Gasteiger partial charge on any atom is 0.343 e. The van der Waals surface area contributed by atoms with E-state index in [2.05, 4.69) is 6.92 Å². The van der Waals surface area contributed by atoms with Crippen molar-refractivity contribution in [1.82, 2.24) is 0 Å². The molecule has 0 saturated heterocycles. The first-order valence-electron chi connectivity index (χ1n) is 9.20. The van der Waals surface area contributed by atoms with E-state index in [1.807, 2.05) is 0 Å². The number of benzene rings is 2. The van der Waals surface area contributed by atoms with Crippen LogP contribution in [0.15, 0.2) is 42.5 Å². The van der Waals surface area contributed by atoms with Crippen molar-refractivity contribution in [3.05, 3.63) is 59.4 Å². The molecule has 5 heteroatoms. The van der Waals surface area contributed by atoms with Crippen LogP contribution >= 0.6 is 0 Å². The summed E-state index contributed by atoms with van der Waals surface area (Å²) in [4.78, 5) is 12.2. The molecular weight excluding hydrogens is 345 g/mol. The predicted molar refractivity (Wildman–Crippen MR) is 99.1 cm³/mol. The van der Waals surface area contributed by atoms with Gasteiger partial charge in [-0.25, -0.2) is 9.18 Å². The van der Waals surface area contributed by atoms with Crippen molar-refractivity contribution in [2.24, 2.45) is 11.8 Å². The van der Waals surface area contributed by atoms with Crippen LogP contribution < -0.4 is 9.47 Å². The monoisotopic (exact) mass is 367 g/mol. The van der Waals surface area contributed by atoms with E-state index in [0.29, 0.717) is 18.1 Å². The van der Waals surface area contributed by atoms with E-state index in [1.54, 1.807) is 30.3 Å². The van der Waals surface area contributed by atoms with Gasteiger partial charge in [-0.2, -0.15) is 5.26 Å². The molecule has 0 atom stereocenters. The van der Waals surface area contributed by atoms with E-state index in [1.165, 1.54) is 37.8 Å². The Kier molecular flexibility index (Phi) is 6.08. The van der Waals surface area contributed by atoms with Gasteiger partial charge in [0.2, 0.25) is 0 Å². The summed E-state index contributed by atoms with van der Waals surface area (Å²) in [5.74, 6) is 0.877. The van der Waals surface area contributed by atoms with E-state index in [0.717, 1.165) is 17.7 Å². The maximum absolute atomic E-state index is 13.6. The second kappa shape index (κ2) is 8.68. The lowest BCUT2D eigenvalue weighted by molar-refractivity contribution is 0.0734. The lowest BCUT2D eigenvalue weighted by Gasteiger charge is -2.26. The van der Waals surface area contributed by atoms with Crippen molar-refractivity contribution >= 4 is 5.97 Å². The molecule has 140 valence electrons. The van der Waals surface area contributed by atoms with Crippen molar-refractivity contribution in [3.63, 3.8) is 0 Å². The molecule has 0 N–H and O–H groups in total. The highest BCUT2D eigenvalue weighted by Gasteiger charge is 2.18. The van der Waals surface area contributed by atoms with Gasteiger partial charge >= 0.3 is 5.97 Å². The third-order valence-corrected chi connectivity index (χ3v) is 4.98. The van der Waals surface area contributed by atoms with Crippen LogP contribution in [-0.4, -0.2) is 12.6 Å². The number of nitrogens with zero attached hydrogens (tertiary/aromatic N) is 1. The third kappa shape index (κ3) is 5.07. The maximum atomic E-state index is 13.6. The molecule has 0 heterocycles. The summed E-state index contributed by atoms with van der Waals surface area (Å²) < 4.78 is 24.6. The lowest BCUT2D eigenvalue weighted by atomic mass is 9.83. The highest BCUT2D eigenvalue weighted by atomic mass is 19.1. The third-order valence-electron chi connectivity index (χ3n) is 4.98. The molecular formula is C22H22FNO3. The fourth-order valence-corrected chi connectivity index (χ4v) is 3.21. The van der Waals surface area contributed by atoms with Gasteiger partial charge in [-0.05, 0) is 61.1 Å². The number of nitriles is 1. The summed E-state index contributed by atoms with van der Waals surface area (Å²) >= 11 is 0. The SMILES string of the molecule is CC1CCC(COc2ccc(C(=O)Oc3ccc(C#N)c(F)c3)cc2)CC1. The predicted octanol–water partition coefficient (Wildman–Crippen LogP) is 5.12. The van der Waals surface area contributed by atoms with Crippen LogP contribution in [0.2, 0.25) is 0 Å². The Labute approximate surface area is 158 Å². The summed E-state index contributed by atoms with van der Waals surface area (Å²) in [5.41, 5.74) is 0.252. The fraction of sp³-hybridized carbons (Fsp3) is 0.364. The zero-order valence-electron chi connectivity index (χ0n) is 15.3. The van der Waals surface area contributed by atoms with Gasteiger partial charge in [0, 0.05) is 6.07 Å². The van der Waals surface area contributed by atoms with Crippen molar-refractivity contribution in [3.8, 4) is 17.6 Å². The highest BCUT2D eigenvalue weighted by Crippen LogP contribution is 2.29. The minimum atomic E-state index is -0.719. The molecule has 1 saturated carbocycles. The molecule has 0 spiro atoms. The van der Waals surface area contributed by atoms with Crippen LogP contribution in [0.1, 0.15) is 48.5 Å². The molecule has 1 aliphatic carbocycles. The molecule has 1 fully saturated rings. The molecule has 3 rings (SSSR count). The number of esters is 1. The number of hydrogen-bond acceptors (Lipinski definition) is 4. The van der Waals surface area contributed by atoms with Gasteiger partial charge in [0.1, 0.15) is 23.4 Å². The molecule has 0 aromatic heterocycles. The summed E-state index contributed by atoms with van der Waals surface area (Å²) in [6.45, 7) is 2.99. The van der Waals surface area contributed by atoms with Gasteiger partial charge in [0.25, 0.3) is 0 Å². The molecule has 2 aromatic rings. The van der Waals surface area contributed by atoms with Crippen LogP contribution in [-0.2, 0) is 0 Å². The summed E-state index contributed by atoms with van der Waals surface area (Å²) in [7, 11) is 0. The molecule has 0 bridgehead atoms. The minimum Gasteiger partial charge on any atom is -0.493 e. The standard InChI is InChI=1S/C22H22FNO3/c1-15-2-4-16(5-3-15)14-26-19-9-6-17(7-10-19)22(25)27-20-11-8-18(13-24)21(23)12-20/h6-12,15-16H,2-5,14H2,1H3. The Bertz CT molecular complexity index is 834. The number of halogens is 1. The number of rotatable bonds is 5. The van der Waals surface area contributed by atoms with Gasteiger partial charge in [0.15, 0.2) is 0 Å². The summed E-state index contributed by atoms with van der Waals surface area (Å²) in [6, 6.07) is 12.1. The Balaban J connectivity index is 1.54. The van der Waals surface area contributed by atoms with Gasteiger partial charge in [0.05, 0.1) is 17.7 Å². The van der Waals surface area contributed by atoms with E-state index >= 15 is 0 Å². The number of ether oxygens (including phenoxy) is 2. The molecule has 2 aromatic carbocycles. The zero-order chi connectivity index (χ0) is 19.2. The van der Waals surface area contributed by atoms with Crippen LogP contribution in [0.5, 0.6) is 11.5 Å². The molecule has 1 aliphatic rings. The second-order valence-electron chi connectivity index (χ2n) is 7.10. The van der Waals surface area contributed by atoms with Crippen molar-refractivity contribution in [2.45, 2.75) is 32.6 Å². The minimum absolute atomic E-state index is 0.0587. The van der Waals surface area contributed by atoms with Gasteiger partial charge in [-0.3, -0.25) is 0 Å². The molecule has 4 nitrogen and oxygen atoms in total. The van der Waals surface area contributed by atoms with Crippen LogP contribution in [0.3, 0.4) is 0 Å². The lowest BCUT2D eigenvalue weighted by Crippen LogP contribution is -2.18. The van der Waals surface area contributed by atoms with Crippen molar-refractivity contribution in [2.75, 3.05) is 6.61 Å². The van der Waals surface area contributed by atoms with Crippen molar-refractivity contribution < 1.29 is 18.7 Å². The highest BCUT2D eigenvalue weighted by molar-refractivity contribution is 5.91. The molecule has 0 aliphatic heterocycles. The number of carbonyl (C=O) groups is 1. The Hall–Kier alpha value is -2.87. The quantitative estimate of drug-likeness (QED) is 0.543. The molecule has 0 amide bonds. The smallest absolute Gasteiger partial charge is 0.343 e. The Morgan fingerprint density at radius 1 is 1.11 bits per heavy atom. The van der Waals surface area contributed by atoms with Crippen LogP contribution in [0, 0.1) is 29.0 Å². The average Bonchev–Trinajstić information content (AvgIpc) is 2.68. The van der Waals surface area contributed by atoms with Gasteiger partial charge in [-0.15, -0.1) is 0 Å². The fourth-order valence-electron chi connectivity index (χ4n) is 3.21. The number of carbonyl (C=O) groups excluding carboxylic acids is 1. The van der Waals surface area contributed by atoms with Crippen LogP contribution in [0.4, 0.5) is 4.39 Å². The molecule has 27 heavy (non-hydrogen) atoms. The first-order valence-corrected chi connectivity index (χ1v) is 9.20. The zero-order valence-corrected chi connectivity index (χ0v) is 15.3. The number of hydrogen-bond donors (Lipinski definition) is 0. The molecule has 0 radical (unpaired) electrons. The summed E-state index contributed by atoms with van der Waals surface area (Å²) in [6.07, 6.45) is 4.92. The first kappa shape index (κ1) is 18.9. The van der Waals surface area contributed by atoms with Crippen molar-refractivity contribution in [1.29, 1.82) is 5.26 Å². The second-order valence-corrected chi connectivity index (χ2v) is 7.10. The van der Waals surface area contributed by atoms with E-state index in [4.69, 9.17) is 14.7 Å². The Morgan fingerprint density at radius 2 is 1.78 bits per heavy atom. The molecule has 0 unspecified atom stereocenters. The van der Waals surface area contributed by atoms with Gasteiger partial charge < -0.3 is 9.47 Å². The van der Waals surface area contributed by atoms with E-state index in [-0.39, 0.29) is 11.3 Å². The Morgan fingerprint density at radius 3 is 2.41 bits per heavy atom. The average molecular weight is 367 g/mol. The van der Waals surface area contributed by atoms with Gasteiger partial charge in [-0.1, -0.05) is 19.8 Å². The van der Waals surface area contributed by atoms with E-state index < -0.39 is 11.8 Å².